The monoisotopic (exact) mass is 302 g/mol. The lowest BCUT2D eigenvalue weighted by molar-refractivity contribution is 0.487. The van der Waals surface area contributed by atoms with Gasteiger partial charge in [-0.1, -0.05) is 24.3 Å². The van der Waals surface area contributed by atoms with Crippen LogP contribution < -0.4 is 5.32 Å². The molecule has 0 spiro atoms. The molecule has 1 aromatic carbocycles. The first kappa shape index (κ1) is 14.2. The predicted molar refractivity (Wildman–Crippen MR) is 81.7 cm³/mol. The van der Waals surface area contributed by atoms with Crippen LogP contribution in [0.15, 0.2) is 47.5 Å². The molecule has 0 saturated carbocycles. The van der Waals surface area contributed by atoms with Gasteiger partial charge in [0.05, 0.1) is 16.3 Å². The number of pyridine rings is 1. The van der Waals surface area contributed by atoms with Gasteiger partial charge in [0.15, 0.2) is 9.84 Å². The summed E-state index contributed by atoms with van der Waals surface area (Å²) < 4.78 is 24.2. The fourth-order valence-electron chi connectivity index (χ4n) is 2.73. The summed E-state index contributed by atoms with van der Waals surface area (Å²) in [6.45, 7) is 2.68. The average Bonchev–Trinajstić information content (AvgIpc) is 2.48. The highest BCUT2D eigenvalue weighted by Gasteiger charge is 2.29. The lowest BCUT2D eigenvalue weighted by atomic mass is 10.0. The Morgan fingerprint density at radius 1 is 1.24 bits per heavy atom. The van der Waals surface area contributed by atoms with Crippen LogP contribution in [0.25, 0.3) is 0 Å². The number of aryl methyl sites for hydroxylation is 1. The van der Waals surface area contributed by atoms with Gasteiger partial charge < -0.3 is 5.32 Å². The highest BCUT2D eigenvalue weighted by atomic mass is 32.2. The molecule has 1 N–H and O–H groups in total. The van der Waals surface area contributed by atoms with Crippen molar-refractivity contribution in [3.63, 3.8) is 0 Å². The van der Waals surface area contributed by atoms with E-state index in [-0.39, 0.29) is 11.8 Å². The minimum absolute atomic E-state index is 0.0612. The van der Waals surface area contributed by atoms with Crippen LogP contribution in [-0.2, 0) is 16.4 Å². The van der Waals surface area contributed by atoms with Crippen LogP contribution in [0.1, 0.15) is 29.3 Å². The molecule has 0 bridgehead atoms. The minimum Gasteiger partial charge on any atom is -0.304 e. The van der Waals surface area contributed by atoms with Gasteiger partial charge in [0, 0.05) is 18.8 Å². The van der Waals surface area contributed by atoms with Crippen molar-refractivity contribution in [2.75, 3.05) is 5.75 Å². The molecule has 2 heterocycles. The summed E-state index contributed by atoms with van der Waals surface area (Å²) in [6.07, 6.45) is 2.38. The van der Waals surface area contributed by atoms with E-state index in [4.69, 9.17) is 0 Å². The largest absolute Gasteiger partial charge is 0.304 e. The van der Waals surface area contributed by atoms with E-state index < -0.39 is 9.84 Å². The van der Waals surface area contributed by atoms with Crippen LogP contribution in [0.4, 0.5) is 0 Å². The third kappa shape index (κ3) is 2.84. The van der Waals surface area contributed by atoms with Crippen LogP contribution in [-0.4, -0.2) is 19.2 Å². The highest BCUT2D eigenvalue weighted by molar-refractivity contribution is 7.91. The number of sulfone groups is 1. The lowest BCUT2D eigenvalue weighted by Gasteiger charge is -2.26. The minimum atomic E-state index is -3.12. The van der Waals surface area contributed by atoms with Crippen molar-refractivity contribution in [3.05, 3.63) is 59.4 Å². The van der Waals surface area contributed by atoms with Gasteiger partial charge in [-0.2, -0.15) is 0 Å². The molecule has 1 aliphatic heterocycles. The maximum Gasteiger partial charge on any atom is 0.178 e. The molecule has 0 saturated heterocycles. The third-order valence-corrected chi connectivity index (χ3v) is 5.75. The number of nitrogens with zero attached hydrogens (tertiary/aromatic N) is 1. The molecular formula is C16H18N2O2S. The summed E-state index contributed by atoms with van der Waals surface area (Å²) in [6, 6.07) is 11.3. The summed E-state index contributed by atoms with van der Waals surface area (Å²) >= 11 is 0. The molecule has 5 heteroatoms. The van der Waals surface area contributed by atoms with Crippen LogP contribution in [0, 0.1) is 6.92 Å². The first-order chi connectivity index (χ1) is 10.1. The standard InChI is InChI=1S/C16H18N2O2S/c1-12-5-4-9-17-15(12)11-18-14-8-10-21(19,20)16-7-3-2-6-13(14)16/h2-7,9,14,18H,8,10-11H2,1H3. The summed E-state index contributed by atoms with van der Waals surface area (Å²) in [7, 11) is -3.12. The Morgan fingerprint density at radius 3 is 2.86 bits per heavy atom. The summed E-state index contributed by atoms with van der Waals surface area (Å²) in [4.78, 5) is 4.83. The zero-order valence-electron chi connectivity index (χ0n) is 11.9. The van der Waals surface area contributed by atoms with E-state index in [0.717, 1.165) is 16.8 Å². The molecule has 2 aromatic rings. The molecule has 1 aliphatic rings. The molecule has 4 nitrogen and oxygen atoms in total. The topological polar surface area (TPSA) is 59.1 Å². The third-order valence-electron chi connectivity index (χ3n) is 3.94. The number of rotatable bonds is 3. The van der Waals surface area contributed by atoms with E-state index in [1.807, 2.05) is 31.2 Å². The van der Waals surface area contributed by atoms with E-state index in [2.05, 4.69) is 10.3 Å². The maximum absolute atomic E-state index is 12.1. The molecule has 0 radical (unpaired) electrons. The number of aromatic nitrogens is 1. The van der Waals surface area contributed by atoms with Gasteiger partial charge in [0.25, 0.3) is 0 Å². The predicted octanol–water partition coefficient (Wildman–Crippen LogP) is 2.40. The molecule has 0 aliphatic carbocycles. The summed E-state index contributed by atoms with van der Waals surface area (Å²) in [5.74, 6) is 0.197. The Labute approximate surface area is 125 Å². The van der Waals surface area contributed by atoms with Crippen LogP contribution in [0.3, 0.4) is 0 Å². The van der Waals surface area contributed by atoms with E-state index in [0.29, 0.717) is 17.9 Å². The van der Waals surface area contributed by atoms with Crippen LogP contribution in [0.5, 0.6) is 0 Å². The smallest absolute Gasteiger partial charge is 0.178 e. The van der Waals surface area contributed by atoms with Crippen molar-refractivity contribution in [1.82, 2.24) is 10.3 Å². The summed E-state index contributed by atoms with van der Waals surface area (Å²) in [5, 5.41) is 3.45. The highest BCUT2D eigenvalue weighted by Crippen LogP contribution is 2.32. The zero-order valence-corrected chi connectivity index (χ0v) is 12.7. The Kier molecular flexibility index (Phi) is 3.78. The molecule has 3 rings (SSSR count). The van der Waals surface area contributed by atoms with Gasteiger partial charge in [-0.05, 0) is 36.6 Å². The SMILES string of the molecule is Cc1cccnc1CNC1CCS(=O)(=O)c2ccccc21. The van der Waals surface area contributed by atoms with Crippen LogP contribution >= 0.6 is 0 Å². The fourth-order valence-corrected chi connectivity index (χ4v) is 4.35. The zero-order chi connectivity index (χ0) is 14.9. The molecule has 1 aromatic heterocycles. The second-order valence-electron chi connectivity index (χ2n) is 5.35. The van der Waals surface area contributed by atoms with Crippen molar-refractivity contribution in [3.8, 4) is 0 Å². The molecular weight excluding hydrogens is 284 g/mol. The number of nitrogens with one attached hydrogen (secondary N) is 1. The van der Waals surface area contributed by atoms with Crippen LogP contribution in [0.2, 0.25) is 0 Å². The van der Waals surface area contributed by atoms with Gasteiger partial charge in [-0.25, -0.2) is 8.42 Å². The van der Waals surface area contributed by atoms with Gasteiger partial charge in [-0.15, -0.1) is 0 Å². The molecule has 1 unspecified atom stereocenters. The molecule has 21 heavy (non-hydrogen) atoms. The van der Waals surface area contributed by atoms with Crippen molar-refractivity contribution >= 4 is 9.84 Å². The number of fused-ring (bicyclic) bond motifs is 1. The first-order valence-corrected chi connectivity index (χ1v) is 8.69. The van der Waals surface area contributed by atoms with Gasteiger partial charge >= 0.3 is 0 Å². The molecule has 0 amide bonds. The number of hydrogen-bond acceptors (Lipinski definition) is 4. The lowest BCUT2D eigenvalue weighted by Crippen LogP contribution is -2.29. The maximum atomic E-state index is 12.1. The first-order valence-electron chi connectivity index (χ1n) is 7.03. The Morgan fingerprint density at radius 2 is 2.05 bits per heavy atom. The van der Waals surface area contributed by atoms with E-state index in [1.165, 1.54) is 0 Å². The normalized spacial score (nSPS) is 20.0. The average molecular weight is 302 g/mol. The second-order valence-corrected chi connectivity index (χ2v) is 7.42. The van der Waals surface area contributed by atoms with Crippen molar-refractivity contribution in [2.45, 2.75) is 30.8 Å². The van der Waals surface area contributed by atoms with E-state index >= 15 is 0 Å². The molecule has 0 fully saturated rings. The Balaban J connectivity index is 1.83. The van der Waals surface area contributed by atoms with Crippen molar-refractivity contribution in [2.24, 2.45) is 0 Å². The van der Waals surface area contributed by atoms with Gasteiger partial charge in [0.1, 0.15) is 0 Å². The molecule has 110 valence electrons. The number of benzene rings is 1. The van der Waals surface area contributed by atoms with Gasteiger partial charge in [0.2, 0.25) is 0 Å². The van der Waals surface area contributed by atoms with Crippen molar-refractivity contribution < 1.29 is 8.42 Å². The quantitative estimate of drug-likeness (QED) is 0.946. The Bertz CT molecular complexity index is 756. The van der Waals surface area contributed by atoms with Gasteiger partial charge in [-0.3, -0.25) is 4.98 Å². The fraction of sp³-hybridized carbons (Fsp3) is 0.312. The van der Waals surface area contributed by atoms with E-state index in [9.17, 15) is 8.42 Å². The van der Waals surface area contributed by atoms with E-state index in [1.54, 1.807) is 18.3 Å². The Hall–Kier alpha value is -1.72. The second kappa shape index (κ2) is 5.58. The number of hydrogen-bond donors (Lipinski definition) is 1. The van der Waals surface area contributed by atoms with Crippen molar-refractivity contribution in [1.29, 1.82) is 0 Å². The molecule has 1 atom stereocenters. The summed E-state index contributed by atoms with van der Waals surface area (Å²) in [5.41, 5.74) is 3.02.